The maximum Gasteiger partial charge on any atom is 0.407 e. The van der Waals surface area contributed by atoms with Gasteiger partial charge in [-0.15, -0.1) is 0 Å². The number of benzene rings is 2. The molecule has 4 heteroatoms. The van der Waals surface area contributed by atoms with Crippen molar-refractivity contribution in [2.75, 3.05) is 19.6 Å². The van der Waals surface area contributed by atoms with Gasteiger partial charge in [-0.1, -0.05) is 63.2 Å². The summed E-state index contributed by atoms with van der Waals surface area (Å²) in [7, 11) is 0. The first-order valence-corrected chi connectivity index (χ1v) is 13.2. The zero-order valence-corrected chi connectivity index (χ0v) is 20.9. The van der Waals surface area contributed by atoms with Crippen molar-refractivity contribution in [2.24, 2.45) is 11.3 Å². The van der Waals surface area contributed by atoms with E-state index < -0.39 is 0 Å². The van der Waals surface area contributed by atoms with Crippen LogP contribution in [0.2, 0.25) is 0 Å². The fourth-order valence-electron chi connectivity index (χ4n) is 6.57. The first-order chi connectivity index (χ1) is 16.3. The van der Waals surface area contributed by atoms with Crippen molar-refractivity contribution in [3.63, 3.8) is 0 Å². The van der Waals surface area contributed by atoms with Crippen LogP contribution in [0.3, 0.4) is 0 Å². The van der Waals surface area contributed by atoms with Gasteiger partial charge in [0.15, 0.2) is 0 Å². The highest BCUT2D eigenvalue weighted by Crippen LogP contribution is 2.61. The molecule has 1 N–H and O–H groups in total. The van der Waals surface area contributed by atoms with E-state index in [-0.39, 0.29) is 29.1 Å². The van der Waals surface area contributed by atoms with Gasteiger partial charge < -0.3 is 10.1 Å². The van der Waals surface area contributed by atoms with Crippen LogP contribution in [0, 0.1) is 11.3 Å². The Hall–Kier alpha value is -2.33. The Morgan fingerprint density at radius 1 is 1.03 bits per heavy atom. The lowest BCUT2D eigenvalue weighted by Crippen LogP contribution is -2.53. The molecule has 0 aromatic heterocycles. The molecule has 5 aliphatic rings. The predicted molar refractivity (Wildman–Crippen MR) is 136 cm³/mol. The molecule has 180 valence electrons. The van der Waals surface area contributed by atoms with Gasteiger partial charge in [-0.3, -0.25) is 4.90 Å². The Morgan fingerprint density at radius 3 is 2.47 bits per heavy atom. The van der Waals surface area contributed by atoms with Crippen LogP contribution in [0.4, 0.5) is 4.79 Å². The first kappa shape index (κ1) is 22.2. The highest BCUT2D eigenvalue weighted by atomic mass is 16.6. The maximum atomic E-state index is 13.0. The molecule has 34 heavy (non-hydrogen) atoms. The van der Waals surface area contributed by atoms with Gasteiger partial charge in [0.2, 0.25) is 0 Å². The molecule has 1 unspecified atom stereocenters. The quantitative estimate of drug-likeness (QED) is 0.592. The Labute approximate surface area is 204 Å². The van der Waals surface area contributed by atoms with Gasteiger partial charge >= 0.3 is 6.09 Å². The first-order valence-electron chi connectivity index (χ1n) is 13.2. The van der Waals surface area contributed by atoms with Gasteiger partial charge in [-0.2, -0.15) is 0 Å². The maximum absolute atomic E-state index is 13.0. The standard InChI is InChI=1S/C30H38N2O2/c1-29(2,3)24-6-4-5-21(18-24)22-7-8-25-23(17-22)9-12-30(13-14-30)27(25)31-28(33)34-26-19-32-15-10-20(26)11-16-32/h4-8,17-18,20,26-27H,9-16,19H2,1-3H3,(H,31,33)/t26-,27?/m0/s1. The SMILES string of the molecule is CC(C)(C)c1cccc(-c2ccc3c(c2)CCC2(CC2)C3NC(=O)O[C@H]2CN3CCC2CC3)c1. The van der Waals surface area contributed by atoms with Crippen molar-refractivity contribution in [3.8, 4) is 11.1 Å². The number of fused-ring (bicyclic) bond motifs is 4. The average molecular weight is 459 g/mol. The summed E-state index contributed by atoms with van der Waals surface area (Å²) in [6, 6.07) is 15.9. The minimum Gasteiger partial charge on any atom is -0.445 e. The van der Waals surface area contributed by atoms with E-state index >= 15 is 0 Å². The molecule has 0 radical (unpaired) electrons. The Bertz CT molecular complexity index is 1090. The van der Waals surface area contributed by atoms with E-state index in [0.29, 0.717) is 5.92 Å². The number of amides is 1. The largest absolute Gasteiger partial charge is 0.445 e. The average Bonchev–Trinajstić information content (AvgIpc) is 3.61. The van der Waals surface area contributed by atoms with Crippen LogP contribution >= 0.6 is 0 Å². The smallest absolute Gasteiger partial charge is 0.407 e. The summed E-state index contributed by atoms with van der Waals surface area (Å²) >= 11 is 0. The molecular formula is C30H38N2O2. The molecule has 3 saturated heterocycles. The normalized spacial score (nSPS) is 28.9. The Kier molecular flexibility index (Phi) is 5.29. The van der Waals surface area contributed by atoms with Crippen molar-refractivity contribution >= 4 is 6.09 Å². The lowest BCUT2D eigenvalue weighted by molar-refractivity contribution is -0.0347. The Balaban J connectivity index is 1.23. The minimum atomic E-state index is -0.218. The van der Waals surface area contributed by atoms with E-state index in [1.165, 1.54) is 40.7 Å². The number of hydrogen-bond acceptors (Lipinski definition) is 3. The molecule has 2 bridgehead atoms. The molecule has 2 aromatic rings. The number of rotatable bonds is 3. The molecule has 1 amide bonds. The van der Waals surface area contributed by atoms with Gasteiger partial charge in [-0.05, 0) is 96.2 Å². The van der Waals surface area contributed by atoms with Gasteiger partial charge in [0.25, 0.3) is 0 Å². The summed E-state index contributed by atoms with van der Waals surface area (Å²) in [5.41, 5.74) is 6.93. The van der Waals surface area contributed by atoms with Crippen molar-refractivity contribution < 1.29 is 9.53 Å². The second-order valence-corrected chi connectivity index (χ2v) is 12.3. The third-order valence-corrected chi connectivity index (χ3v) is 9.03. The fourth-order valence-corrected chi connectivity index (χ4v) is 6.57. The lowest BCUT2D eigenvalue weighted by atomic mass is 9.76. The van der Waals surface area contributed by atoms with E-state index in [0.717, 1.165) is 45.3 Å². The number of nitrogens with zero attached hydrogens (tertiary/aromatic N) is 1. The lowest BCUT2D eigenvalue weighted by Gasteiger charge is -2.44. The van der Waals surface area contributed by atoms with Crippen LogP contribution in [0.5, 0.6) is 0 Å². The van der Waals surface area contributed by atoms with Gasteiger partial charge in [-0.25, -0.2) is 4.79 Å². The highest BCUT2D eigenvalue weighted by molar-refractivity contribution is 5.70. The third kappa shape index (κ3) is 4.04. The monoisotopic (exact) mass is 458 g/mol. The van der Waals surface area contributed by atoms with E-state index in [1.807, 2.05) is 0 Å². The molecule has 1 saturated carbocycles. The molecule has 3 heterocycles. The predicted octanol–water partition coefficient (Wildman–Crippen LogP) is 6.24. The summed E-state index contributed by atoms with van der Waals surface area (Å²) in [5, 5.41) is 3.34. The van der Waals surface area contributed by atoms with Crippen LogP contribution in [0.1, 0.15) is 75.6 Å². The van der Waals surface area contributed by atoms with Crippen molar-refractivity contribution in [1.82, 2.24) is 10.2 Å². The fraction of sp³-hybridized carbons (Fsp3) is 0.567. The topological polar surface area (TPSA) is 41.6 Å². The van der Waals surface area contributed by atoms with Crippen molar-refractivity contribution in [1.29, 1.82) is 0 Å². The molecule has 2 aromatic carbocycles. The molecule has 1 spiro atoms. The van der Waals surface area contributed by atoms with Crippen molar-refractivity contribution in [2.45, 2.75) is 76.9 Å². The number of hydrogen-bond donors (Lipinski definition) is 1. The summed E-state index contributed by atoms with van der Waals surface area (Å²) < 4.78 is 6.01. The second-order valence-electron chi connectivity index (χ2n) is 12.3. The third-order valence-electron chi connectivity index (χ3n) is 9.03. The zero-order chi connectivity index (χ0) is 23.5. The zero-order valence-electron chi connectivity index (χ0n) is 20.9. The van der Waals surface area contributed by atoms with Crippen LogP contribution < -0.4 is 5.32 Å². The van der Waals surface area contributed by atoms with Gasteiger partial charge in [0.05, 0.1) is 6.04 Å². The van der Waals surface area contributed by atoms with E-state index in [1.54, 1.807) is 0 Å². The summed E-state index contributed by atoms with van der Waals surface area (Å²) in [5.74, 6) is 0.538. The summed E-state index contributed by atoms with van der Waals surface area (Å²) in [6.07, 6.45) is 6.80. The van der Waals surface area contributed by atoms with Gasteiger partial charge in [0.1, 0.15) is 6.10 Å². The number of piperidine rings is 3. The molecule has 3 aliphatic heterocycles. The summed E-state index contributed by atoms with van der Waals surface area (Å²) in [4.78, 5) is 15.5. The molecule has 2 aliphatic carbocycles. The van der Waals surface area contributed by atoms with E-state index in [2.05, 4.69) is 73.5 Å². The van der Waals surface area contributed by atoms with Crippen LogP contribution in [-0.4, -0.2) is 36.7 Å². The van der Waals surface area contributed by atoms with Crippen LogP contribution in [0.25, 0.3) is 11.1 Å². The second kappa shape index (κ2) is 8.12. The minimum absolute atomic E-state index is 0.0539. The molecule has 4 nitrogen and oxygen atoms in total. The summed E-state index contributed by atoms with van der Waals surface area (Å²) in [6.45, 7) is 10.0. The highest BCUT2D eigenvalue weighted by Gasteiger charge is 2.53. The van der Waals surface area contributed by atoms with E-state index in [4.69, 9.17) is 4.74 Å². The van der Waals surface area contributed by atoms with E-state index in [9.17, 15) is 4.79 Å². The number of aryl methyl sites for hydroxylation is 1. The Morgan fingerprint density at radius 2 is 1.79 bits per heavy atom. The van der Waals surface area contributed by atoms with Crippen LogP contribution in [0.15, 0.2) is 42.5 Å². The van der Waals surface area contributed by atoms with Gasteiger partial charge in [0, 0.05) is 6.54 Å². The number of ether oxygens (including phenoxy) is 1. The molecular weight excluding hydrogens is 420 g/mol. The number of carbonyl (C=O) groups excluding carboxylic acids is 1. The number of nitrogens with one attached hydrogen (secondary N) is 1. The molecule has 2 atom stereocenters. The number of carbonyl (C=O) groups is 1. The molecule has 4 fully saturated rings. The van der Waals surface area contributed by atoms with Crippen molar-refractivity contribution in [3.05, 3.63) is 59.2 Å². The number of alkyl carbamates (subject to hydrolysis) is 1. The van der Waals surface area contributed by atoms with Crippen LogP contribution in [-0.2, 0) is 16.6 Å². The molecule has 7 rings (SSSR count).